The molecule has 0 N–H and O–H groups in total. The Morgan fingerprint density at radius 2 is 1.84 bits per heavy atom. The number of hydrogen-bond acceptors (Lipinski definition) is 4. The molecule has 0 atom stereocenters. The van der Waals surface area contributed by atoms with Gasteiger partial charge >= 0.3 is 5.97 Å². The lowest BCUT2D eigenvalue weighted by atomic mass is 10.1. The number of aromatic nitrogens is 1. The molecule has 4 rings (SSSR count). The van der Waals surface area contributed by atoms with E-state index in [-0.39, 0.29) is 5.91 Å². The Morgan fingerprint density at radius 3 is 2.60 bits per heavy atom. The average Bonchev–Trinajstić information content (AvgIpc) is 3.08. The summed E-state index contributed by atoms with van der Waals surface area (Å²) in [6.45, 7) is 0.737. The van der Waals surface area contributed by atoms with E-state index in [0.717, 1.165) is 29.6 Å². The molecule has 0 aliphatic carbocycles. The zero-order chi connectivity index (χ0) is 17.2. The molecule has 0 unspecified atom stereocenters. The lowest BCUT2D eigenvalue weighted by Crippen LogP contribution is -2.23. The van der Waals surface area contributed by atoms with Gasteiger partial charge in [-0.3, -0.25) is 9.78 Å². The maximum Gasteiger partial charge on any atom is 0.344 e. The van der Waals surface area contributed by atoms with Gasteiger partial charge in [-0.2, -0.15) is 0 Å². The van der Waals surface area contributed by atoms with Crippen LogP contribution >= 0.6 is 0 Å². The quantitative estimate of drug-likeness (QED) is 0.543. The number of nitrogens with zero attached hydrogens (tertiary/aromatic N) is 2. The standard InChI is InChI=1S/C20H16N2O3/c23-19-6-3-13-22(19)14-7-9-15(10-8-14)25-20(24)17-11-12-21-18-5-2-1-4-16(17)18/h1-2,4-5,7-12H,3,6,13H2. The zero-order valence-corrected chi connectivity index (χ0v) is 13.5. The fraction of sp³-hybridized carbons (Fsp3) is 0.150. The summed E-state index contributed by atoms with van der Waals surface area (Å²) in [7, 11) is 0. The Bertz CT molecular complexity index is 945. The number of pyridine rings is 1. The number of rotatable bonds is 3. The first-order chi connectivity index (χ1) is 12.2. The minimum Gasteiger partial charge on any atom is -0.423 e. The van der Waals surface area contributed by atoms with Gasteiger partial charge in [0.2, 0.25) is 5.91 Å². The first-order valence-corrected chi connectivity index (χ1v) is 8.19. The Balaban J connectivity index is 1.55. The number of esters is 1. The molecular formula is C20H16N2O3. The fourth-order valence-electron chi connectivity index (χ4n) is 3.05. The van der Waals surface area contributed by atoms with Crippen LogP contribution in [0.5, 0.6) is 5.75 Å². The molecule has 0 bridgehead atoms. The summed E-state index contributed by atoms with van der Waals surface area (Å²) in [5.74, 6) is 0.151. The van der Waals surface area contributed by atoms with Crippen LogP contribution in [-0.4, -0.2) is 23.4 Å². The second-order valence-corrected chi connectivity index (χ2v) is 5.91. The summed E-state index contributed by atoms with van der Waals surface area (Å²) in [4.78, 5) is 30.3. The van der Waals surface area contributed by atoms with Crippen molar-refractivity contribution in [2.24, 2.45) is 0 Å². The Hall–Kier alpha value is -3.21. The number of carbonyl (C=O) groups is 2. The van der Waals surface area contributed by atoms with E-state index in [4.69, 9.17) is 4.74 Å². The molecule has 1 aliphatic rings. The molecule has 2 heterocycles. The van der Waals surface area contributed by atoms with Crippen molar-refractivity contribution >= 4 is 28.5 Å². The molecule has 1 fully saturated rings. The molecule has 1 aromatic heterocycles. The molecule has 124 valence electrons. The molecule has 0 spiro atoms. The third-order valence-electron chi connectivity index (χ3n) is 4.30. The third-order valence-corrected chi connectivity index (χ3v) is 4.30. The van der Waals surface area contributed by atoms with Crippen LogP contribution in [0.2, 0.25) is 0 Å². The van der Waals surface area contributed by atoms with Gasteiger partial charge < -0.3 is 9.64 Å². The fourth-order valence-corrected chi connectivity index (χ4v) is 3.05. The maximum absolute atomic E-state index is 12.5. The van der Waals surface area contributed by atoms with Crippen LogP contribution in [0, 0.1) is 0 Å². The highest BCUT2D eigenvalue weighted by atomic mass is 16.5. The van der Waals surface area contributed by atoms with Crippen molar-refractivity contribution in [1.29, 1.82) is 0 Å². The molecule has 1 saturated heterocycles. The summed E-state index contributed by atoms with van der Waals surface area (Å²) in [6.07, 6.45) is 3.07. The first-order valence-electron chi connectivity index (χ1n) is 8.19. The van der Waals surface area contributed by atoms with Gasteiger partial charge in [0, 0.05) is 30.2 Å². The molecule has 2 aromatic carbocycles. The zero-order valence-electron chi connectivity index (χ0n) is 13.5. The van der Waals surface area contributed by atoms with Gasteiger partial charge in [0.05, 0.1) is 11.1 Å². The van der Waals surface area contributed by atoms with Crippen LogP contribution in [0.1, 0.15) is 23.2 Å². The van der Waals surface area contributed by atoms with Gasteiger partial charge in [-0.1, -0.05) is 18.2 Å². The van der Waals surface area contributed by atoms with E-state index in [9.17, 15) is 9.59 Å². The summed E-state index contributed by atoms with van der Waals surface area (Å²) >= 11 is 0. The van der Waals surface area contributed by atoms with Gasteiger partial charge in [0.1, 0.15) is 5.75 Å². The van der Waals surface area contributed by atoms with E-state index < -0.39 is 5.97 Å². The lowest BCUT2D eigenvalue weighted by Gasteiger charge is -2.15. The van der Waals surface area contributed by atoms with Crippen LogP contribution in [-0.2, 0) is 4.79 Å². The molecule has 3 aromatic rings. The predicted octanol–water partition coefficient (Wildman–Crippen LogP) is 3.58. The largest absolute Gasteiger partial charge is 0.423 e. The second kappa shape index (κ2) is 6.36. The number of carbonyl (C=O) groups excluding carboxylic acids is 2. The number of anilines is 1. The van der Waals surface area contributed by atoms with E-state index >= 15 is 0 Å². The Morgan fingerprint density at radius 1 is 1.04 bits per heavy atom. The van der Waals surface area contributed by atoms with Crippen molar-refractivity contribution in [3.05, 3.63) is 66.4 Å². The van der Waals surface area contributed by atoms with Crippen molar-refractivity contribution in [3.8, 4) is 5.75 Å². The normalized spacial score (nSPS) is 14.1. The van der Waals surface area contributed by atoms with Crippen LogP contribution in [0.25, 0.3) is 10.9 Å². The van der Waals surface area contributed by atoms with E-state index in [2.05, 4.69) is 4.98 Å². The number of hydrogen-bond donors (Lipinski definition) is 0. The summed E-state index contributed by atoms with van der Waals surface area (Å²) in [5.41, 5.74) is 2.06. The Kier molecular flexibility index (Phi) is 3.90. The van der Waals surface area contributed by atoms with Gasteiger partial charge in [0.25, 0.3) is 0 Å². The van der Waals surface area contributed by atoms with Crippen LogP contribution in [0.4, 0.5) is 5.69 Å². The van der Waals surface area contributed by atoms with Gasteiger partial charge in [-0.25, -0.2) is 4.79 Å². The molecule has 0 saturated carbocycles. The number of fused-ring (bicyclic) bond motifs is 1. The number of benzene rings is 2. The Labute approximate surface area is 144 Å². The van der Waals surface area contributed by atoms with Crippen LogP contribution in [0.3, 0.4) is 0 Å². The lowest BCUT2D eigenvalue weighted by molar-refractivity contribution is -0.117. The van der Waals surface area contributed by atoms with Crippen molar-refractivity contribution in [2.45, 2.75) is 12.8 Å². The van der Waals surface area contributed by atoms with Crippen molar-refractivity contribution in [3.63, 3.8) is 0 Å². The van der Waals surface area contributed by atoms with Crippen LogP contribution < -0.4 is 9.64 Å². The van der Waals surface area contributed by atoms with E-state index in [1.54, 1.807) is 41.4 Å². The number of amides is 1. The van der Waals surface area contributed by atoms with Gasteiger partial charge in [-0.05, 0) is 42.8 Å². The van der Waals surface area contributed by atoms with Crippen LogP contribution in [0.15, 0.2) is 60.8 Å². The molecular weight excluding hydrogens is 316 g/mol. The monoisotopic (exact) mass is 332 g/mol. The first kappa shape index (κ1) is 15.3. The summed E-state index contributed by atoms with van der Waals surface area (Å²) < 4.78 is 5.48. The average molecular weight is 332 g/mol. The smallest absolute Gasteiger partial charge is 0.344 e. The molecule has 1 aliphatic heterocycles. The second-order valence-electron chi connectivity index (χ2n) is 5.91. The minimum atomic E-state index is -0.427. The highest BCUT2D eigenvalue weighted by Gasteiger charge is 2.21. The maximum atomic E-state index is 12.5. The van der Waals surface area contributed by atoms with E-state index in [0.29, 0.717) is 17.7 Å². The number of para-hydroxylation sites is 1. The van der Waals surface area contributed by atoms with Gasteiger partial charge in [-0.15, -0.1) is 0 Å². The van der Waals surface area contributed by atoms with Crippen molar-refractivity contribution in [1.82, 2.24) is 4.98 Å². The third kappa shape index (κ3) is 2.96. The van der Waals surface area contributed by atoms with E-state index in [1.807, 2.05) is 24.3 Å². The van der Waals surface area contributed by atoms with Gasteiger partial charge in [0.15, 0.2) is 0 Å². The summed E-state index contributed by atoms with van der Waals surface area (Å²) in [6, 6.07) is 16.1. The highest BCUT2D eigenvalue weighted by Crippen LogP contribution is 2.25. The molecule has 25 heavy (non-hydrogen) atoms. The van der Waals surface area contributed by atoms with Crippen molar-refractivity contribution in [2.75, 3.05) is 11.4 Å². The highest BCUT2D eigenvalue weighted by molar-refractivity contribution is 6.04. The molecule has 5 heteroatoms. The SMILES string of the molecule is O=C(Oc1ccc(N2CCCC2=O)cc1)c1ccnc2ccccc12. The van der Waals surface area contributed by atoms with Crippen molar-refractivity contribution < 1.29 is 14.3 Å². The summed E-state index contributed by atoms with van der Waals surface area (Å²) in [5, 5.41) is 0.759. The molecule has 0 radical (unpaired) electrons. The number of ether oxygens (including phenoxy) is 1. The molecule has 1 amide bonds. The predicted molar refractivity (Wildman–Crippen MR) is 94.7 cm³/mol. The molecule has 5 nitrogen and oxygen atoms in total. The van der Waals surface area contributed by atoms with E-state index in [1.165, 1.54) is 0 Å². The minimum absolute atomic E-state index is 0.132. The topological polar surface area (TPSA) is 59.5 Å².